The Balaban J connectivity index is 1.69. The summed E-state index contributed by atoms with van der Waals surface area (Å²) < 4.78 is 0. The lowest BCUT2D eigenvalue weighted by Crippen LogP contribution is -2.38. The number of anilines is 1. The molecule has 4 rings (SSSR count). The van der Waals surface area contributed by atoms with Crippen LogP contribution in [0.4, 0.5) is 5.00 Å². The smallest absolute Gasteiger partial charge is 0.257 e. The maximum atomic E-state index is 13.0. The molecule has 0 spiro atoms. The van der Waals surface area contributed by atoms with Gasteiger partial charge in [-0.25, -0.2) is 0 Å². The Kier molecular flexibility index (Phi) is 4.82. The molecule has 0 saturated heterocycles. The monoisotopic (exact) mass is 413 g/mol. The number of thiophene rings is 1. The summed E-state index contributed by atoms with van der Waals surface area (Å²) in [6, 6.07) is 4.74. The molecular weight excluding hydrogens is 390 g/mol. The predicted molar refractivity (Wildman–Crippen MR) is 111 cm³/mol. The van der Waals surface area contributed by atoms with E-state index in [1.165, 1.54) is 22.3 Å². The van der Waals surface area contributed by atoms with Crippen LogP contribution in [0.15, 0.2) is 18.2 Å². The van der Waals surface area contributed by atoms with Crippen molar-refractivity contribution < 1.29 is 19.5 Å². The third-order valence-corrected chi connectivity index (χ3v) is 6.80. The van der Waals surface area contributed by atoms with Gasteiger partial charge in [-0.15, -0.1) is 11.3 Å². The number of fused-ring (bicyclic) bond motifs is 3. The minimum Gasteiger partial charge on any atom is -0.508 e. The van der Waals surface area contributed by atoms with Gasteiger partial charge in [-0.3, -0.25) is 14.4 Å². The van der Waals surface area contributed by atoms with E-state index in [4.69, 9.17) is 0 Å². The molecule has 0 bridgehead atoms. The highest BCUT2D eigenvalue weighted by atomic mass is 32.1. The zero-order valence-electron chi connectivity index (χ0n) is 16.7. The zero-order valence-corrected chi connectivity index (χ0v) is 17.5. The fourth-order valence-electron chi connectivity index (χ4n) is 4.02. The molecule has 2 aliphatic rings. The zero-order chi connectivity index (χ0) is 20.9. The normalized spacial score (nSPS) is 16.6. The molecule has 1 aromatic heterocycles. The van der Waals surface area contributed by atoms with Crippen molar-refractivity contribution in [1.29, 1.82) is 0 Å². The Hall–Kier alpha value is -2.87. The van der Waals surface area contributed by atoms with Crippen LogP contribution < -0.4 is 4.90 Å². The molecule has 29 heavy (non-hydrogen) atoms. The van der Waals surface area contributed by atoms with Crippen LogP contribution >= 0.6 is 11.3 Å². The molecule has 0 atom stereocenters. The largest absolute Gasteiger partial charge is 0.508 e. The second-order valence-electron chi connectivity index (χ2n) is 7.46. The van der Waals surface area contributed by atoms with Gasteiger partial charge in [0.25, 0.3) is 11.8 Å². The molecule has 1 N–H and O–H groups in total. The van der Waals surface area contributed by atoms with Gasteiger partial charge in [0.05, 0.1) is 12.1 Å². The van der Waals surface area contributed by atoms with Crippen LogP contribution in [0.2, 0.25) is 0 Å². The first-order valence-electron chi connectivity index (χ1n) is 9.61. The third-order valence-electron chi connectivity index (χ3n) is 5.56. The maximum Gasteiger partial charge on any atom is 0.257 e. The van der Waals surface area contributed by atoms with Gasteiger partial charge >= 0.3 is 0 Å². The summed E-state index contributed by atoms with van der Waals surface area (Å²) in [7, 11) is 1.65. The molecule has 1 aromatic carbocycles. The topological polar surface area (TPSA) is 81.2 Å². The summed E-state index contributed by atoms with van der Waals surface area (Å²) in [4.78, 5) is 44.4. The number of rotatable bonds is 2. The van der Waals surface area contributed by atoms with Crippen molar-refractivity contribution in [2.24, 2.45) is 0 Å². The van der Waals surface area contributed by atoms with Gasteiger partial charge in [-0.05, 0) is 49.6 Å². The van der Waals surface area contributed by atoms with E-state index in [0.717, 1.165) is 16.0 Å². The first-order chi connectivity index (χ1) is 13.8. The number of phenolic OH excluding ortho intramolecular Hbond substituents is 1. The summed E-state index contributed by atoms with van der Waals surface area (Å²) in [5, 5.41) is 10.3. The van der Waals surface area contributed by atoms with Crippen molar-refractivity contribution in [3.63, 3.8) is 0 Å². The lowest BCUT2D eigenvalue weighted by molar-refractivity contribution is -0.118. The predicted octanol–water partition coefficient (Wildman–Crippen LogP) is 2.40. The molecule has 8 heteroatoms. The standard InChI is InChI=1S/C21H23N3O4S/c1-4-24-17(26)11-22(3)20(28)18-15-7-8-23(10-16(15)29-21(18)24)19(27)14-6-5-13(25)9-12(14)2/h5-6,9,25H,4,7-8,10-11H2,1-3H3. The number of phenols is 1. The highest BCUT2D eigenvalue weighted by molar-refractivity contribution is 7.17. The van der Waals surface area contributed by atoms with Crippen molar-refractivity contribution in [3.05, 3.63) is 45.3 Å². The quantitative estimate of drug-likeness (QED) is 0.820. The minimum absolute atomic E-state index is 0.0770. The minimum atomic E-state index is -0.129. The van der Waals surface area contributed by atoms with E-state index < -0.39 is 0 Å². The fraction of sp³-hybridized carbons (Fsp3) is 0.381. The number of aryl methyl sites for hydroxylation is 1. The van der Waals surface area contributed by atoms with Gasteiger partial charge in [-0.1, -0.05) is 0 Å². The Morgan fingerprint density at radius 2 is 2.00 bits per heavy atom. The lowest BCUT2D eigenvalue weighted by atomic mass is 10.00. The van der Waals surface area contributed by atoms with Gasteiger partial charge in [0.2, 0.25) is 5.91 Å². The second kappa shape index (κ2) is 7.18. The van der Waals surface area contributed by atoms with E-state index in [1.54, 1.807) is 35.9 Å². The molecule has 2 aliphatic heterocycles. The Bertz CT molecular complexity index is 1030. The van der Waals surface area contributed by atoms with Crippen LogP contribution in [0.3, 0.4) is 0 Å². The molecule has 0 aliphatic carbocycles. The van der Waals surface area contributed by atoms with E-state index in [-0.39, 0.29) is 30.0 Å². The highest BCUT2D eigenvalue weighted by Crippen LogP contribution is 2.41. The molecule has 2 aromatic rings. The summed E-state index contributed by atoms with van der Waals surface area (Å²) in [5.74, 6) is -0.179. The van der Waals surface area contributed by atoms with Gasteiger partial charge in [-0.2, -0.15) is 0 Å². The molecule has 3 amide bonds. The molecule has 152 valence electrons. The third kappa shape index (κ3) is 3.17. The molecular formula is C21H23N3O4S. The van der Waals surface area contributed by atoms with Crippen LogP contribution in [0.25, 0.3) is 0 Å². The number of hydrogen-bond acceptors (Lipinski definition) is 5. The van der Waals surface area contributed by atoms with E-state index in [0.29, 0.717) is 42.2 Å². The number of nitrogens with zero attached hydrogens (tertiary/aromatic N) is 3. The van der Waals surface area contributed by atoms with Crippen LogP contribution in [0.1, 0.15) is 43.6 Å². The maximum absolute atomic E-state index is 13.0. The highest BCUT2D eigenvalue weighted by Gasteiger charge is 2.37. The average Bonchev–Trinajstić information content (AvgIpc) is 3.01. The number of carbonyl (C=O) groups is 3. The summed E-state index contributed by atoms with van der Waals surface area (Å²) in [5.41, 5.74) is 2.86. The second-order valence-corrected chi connectivity index (χ2v) is 8.54. The molecule has 3 heterocycles. The number of amides is 3. The van der Waals surface area contributed by atoms with Gasteiger partial charge in [0.1, 0.15) is 17.3 Å². The molecule has 0 radical (unpaired) electrons. The SMILES string of the molecule is CCN1C(=O)CN(C)C(=O)c2c1sc1c2CCN(C(=O)c2ccc(O)cc2C)C1. The molecule has 0 fully saturated rings. The Labute approximate surface area is 173 Å². The fourth-order valence-corrected chi connectivity index (χ4v) is 5.45. The van der Waals surface area contributed by atoms with Crippen molar-refractivity contribution in [3.8, 4) is 5.75 Å². The van der Waals surface area contributed by atoms with Crippen LogP contribution in [-0.2, 0) is 17.8 Å². The van der Waals surface area contributed by atoms with Crippen LogP contribution in [-0.4, -0.2) is 59.3 Å². The first kappa shape index (κ1) is 19.4. The van der Waals surface area contributed by atoms with Crippen molar-refractivity contribution in [2.75, 3.05) is 31.6 Å². The van der Waals surface area contributed by atoms with Crippen molar-refractivity contribution >= 4 is 34.1 Å². The summed E-state index contributed by atoms with van der Waals surface area (Å²) in [6.07, 6.45) is 0.579. The lowest BCUT2D eigenvalue weighted by Gasteiger charge is -2.28. The molecule has 7 nitrogen and oxygen atoms in total. The number of carbonyl (C=O) groups excluding carboxylic acids is 3. The van der Waals surface area contributed by atoms with Crippen molar-refractivity contribution in [2.45, 2.75) is 26.8 Å². The molecule has 0 unspecified atom stereocenters. The Morgan fingerprint density at radius 3 is 2.69 bits per heavy atom. The van der Waals surface area contributed by atoms with Crippen LogP contribution in [0, 0.1) is 6.92 Å². The van der Waals surface area contributed by atoms with E-state index in [9.17, 15) is 19.5 Å². The summed E-state index contributed by atoms with van der Waals surface area (Å²) in [6.45, 7) is 5.20. The van der Waals surface area contributed by atoms with Gasteiger partial charge in [0.15, 0.2) is 0 Å². The van der Waals surface area contributed by atoms with Crippen LogP contribution in [0.5, 0.6) is 5.75 Å². The number of aromatic hydroxyl groups is 1. The number of likely N-dealkylation sites (N-methyl/N-ethyl adjacent to an activating group) is 2. The number of benzene rings is 1. The number of hydrogen-bond donors (Lipinski definition) is 1. The first-order valence-corrected chi connectivity index (χ1v) is 10.4. The Morgan fingerprint density at radius 1 is 1.24 bits per heavy atom. The average molecular weight is 413 g/mol. The van der Waals surface area contributed by atoms with Gasteiger partial charge in [0, 0.05) is 30.6 Å². The molecule has 0 saturated carbocycles. The van der Waals surface area contributed by atoms with E-state index >= 15 is 0 Å². The van der Waals surface area contributed by atoms with Gasteiger partial charge < -0.3 is 19.8 Å². The summed E-state index contributed by atoms with van der Waals surface area (Å²) >= 11 is 1.44. The van der Waals surface area contributed by atoms with E-state index in [2.05, 4.69) is 0 Å². The van der Waals surface area contributed by atoms with Crippen molar-refractivity contribution in [1.82, 2.24) is 9.80 Å². The van der Waals surface area contributed by atoms with E-state index in [1.807, 2.05) is 6.92 Å².